The number of fused-ring (bicyclic) bond motifs is 1. The van der Waals surface area contributed by atoms with E-state index in [9.17, 15) is 21.9 Å². The Hall–Kier alpha value is -3.05. The SMILES string of the molecule is N#CCS(=O)(=O)c1cccc(OCC(O)CNC2COC3(CCN(S(=O)(=O)c4ccc5ccccc5c4)CC3)C2)c1. The molecule has 0 radical (unpaired) electrons. The van der Waals surface area contributed by atoms with Crippen LogP contribution in [0.5, 0.6) is 5.75 Å². The van der Waals surface area contributed by atoms with E-state index >= 15 is 0 Å². The van der Waals surface area contributed by atoms with Crippen molar-refractivity contribution in [3.63, 3.8) is 0 Å². The summed E-state index contributed by atoms with van der Waals surface area (Å²) in [7, 11) is -7.32. The monoisotopic (exact) mass is 599 g/mol. The van der Waals surface area contributed by atoms with Crippen LogP contribution in [0.2, 0.25) is 0 Å². The van der Waals surface area contributed by atoms with Gasteiger partial charge in [0.2, 0.25) is 10.0 Å². The number of hydrogen-bond acceptors (Lipinski definition) is 9. The predicted octanol–water partition coefficient (Wildman–Crippen LogP) is 2.48. The minimum Gasteiger partial charge on any atom is -0.491 e. The molecule has 2 aliphatic rings. The number of ether oxygens (including phenoxy) is 2. The molecule has 3 aromatic carbocycles. The highest BCUT2D eigenvalue weighted by atomic mass is 32.2. The van der Waals surface area contributed by atoms with E-state index in [0.717, 1.165) is 10.8 Å². The van der Waals surface area contributed by atoms with Crippen LogP contribution in [0.25, 0.3) is 10.8 Å². The second kappa shape index (κ2) is 12.1. The van der Waals surface area contributed by atoms with Crippen molar-refractivity contribution in [2.75, 3.05) is 38.6 Å². The summed E-state index contributed by atoms with van der Waals surface area (Å²) in [6.45, 7) is 1.42. The van der Waals surface area contributed by atoms with Crippen molar-refractivity contribution in [3.05, 3.63) is 66.7 Å². The molecular weight excluding hydrogens is 566 g/mol. The molecule has 2 atom stereocenters. The van der Waals surface area contributed by atoms with Gasteiger partial charge in [0.25, 0.3) is 0 Å². The molecule has 1 spiro atoms. The summed E-state index contributed by atoms with van der Waals surface area (Å²) in [5.74, 6) is -0.330. The Morgan fingerprint density at radius 3 is 2.54 bits per heavy atom. The van der Waals surface area contributed by atoms with Gasteiger partial charge in [-0.3, -0.25) is 0 Å². The van der Waals surface area contributed by atoms with Crippen molar-refractivity contribution < 1.29 is 31.4 Å². The van der Waals surface area contributed by atoms with Crippen molar-refractivity contribution in [1.82, 2.24) is 9.62 Å². The lowest BCUT2D eigenvalue weighted by Crippen LogP contribution is -2.47. The number of aliphatic hydroxyl groups is 1. The highest BCUT2D eigenvalue weighted by Crippen LogP contribution is 2.37. The molecule has 0 amide bonds. The molecule has 10 nitrogen and oxygen atoms in total. The van der Waals surface area contributed by atoms with Gasteiger partial charge >= 0.3 is 0 Å². The zero-order valence-corrected chi connectivity index (χ0v) is 24.1. The normalized spacial score (nSPS) is 20.1. The summed E-state index contributed by atoms with van der Waals surface area (Å²) in [5, 5.41) is 24.3. The highest BCUT2D eigenvalue weighted by molar-refractivity contribution is 7.91. The van der Waals surface area contributed by atoms with E-state index in [-0.39, 0.29) is 29.8 Å². The Morgan fingerprint density at radius 2 is 1.78 bits per heavy atom. The minimum absolute atomic E-state index is 0.00585. The number of nitrogens with zero attached hydrogens (tertiary/aromatic N) is 2. The lowest BCUT2D eigenvalue weighted by atomic mass is 9.88. The van der Waals surface area contributed by atoms with Crippen LogP contribution in [0.15, 0.2) is 76.5 Å². The van der Waals surface area contributed by atoms with E-state index in [2.05, 4.69) is 5.32 Å². The summed E-state index contributed by atoms with van der Waals surface area (Å²) < 4.78 is 64.1. The van der Waals surface area contributed by atoms with E-state index in [0.29, 0.717) is 43.9 Å². The predicted molar refractivity (Wildman–Crippen MR) is 153 cm³/mol. The fourth-order valence-electron chi connectivity index (χ4n) is 5.41. The Bertz CT molecular complexity index is 1650. The van der Waals surface area contributed by atoms with Crippen LogP contribution in [-0.4, -0.2) is 82.6 Å². The molecule has 41 heavy (non-hydrogen) atoms. The third-order valence-electron chi connectivity index (χ3n) is 7.71. The van der Waals surface area contributed by atoms with E-state index in [4.69, 9.17) is 14.7 Å². The number of sulfonamides is 1. The zero-order chi connectivity index (χ0) is 29.1. The fraction of sp³-hybridized carbons (Fsp3) is 0.414. The first-order chi connectivity index (χ1) is 19.6. The first-order valence-electron chi connectivity index (χ1n) is 13.5. The van der Waals surface area contributed by atoms with Crippen LogP contribution < -0.4 is 10.1 Å². The Labute approximate surface area is 240 Å². The Kier molecular flexibility index (Phi) is 8.65. The second-order valence-electron chi connectivity index (χ2n) is 10.6. The van der Waals surface area contributed by atoms with E-state index in [1.54, 1.807) is 24.3 Å². The molecule has 12 heteroatoms. The average molecular weight is 600 g/mol. The fourth-order valence-corrected chi connectivity index (χ4v) is 7.81. The van der Waals surface area contributed by atoms with Gasteiger partial charge in [-0.25, -0.2) is 16.8 Å². The van der Waals surface area contributed by atoms with E-state index < -0.39 is 37.3 Å². The van der Waals surface area contributed by atoms with Gasteiger partial charge in [-0.05, 0) is 60.4 Å². The summed E-state index contributed by atoms with van der Waals surface area (Å²) in [6, 6.07) is 20.4. The molecule has 5 rings (SSSR count). The van der Waals surface area contributed by atoms with E-state index in [1.807, 2.05) is 30.3 Å². The van der Waals surface area contributed by atoms with Gasteiger partial charge in [0.15, 0.2) is 9.84 Å². The van der Waals surface area contributed by atoms with Crippen molar-refractivity contribution in [2.45, 2.75) is 46.8 Å². The molecule has 2 N–H and O–H groups in total. The number of nitrogens with one attached hydrogen (secondary N) is 1. The van der Waals surface area contributed by atoms with Crippen molar-refractivity contribution in [1.29, 1.82) is 5.26 Å². The van der Waals surface area contributed by atoms with Crippen molar-refractivity contribution in [3.8, 4) is 11.8 Å². The van der Waals surface area contributed by atoms with Gasteiger partial charge < -0.3 is 19.9 Å². The number of rotatable bonds is 10. The molecular formula is C29H33N3O7S2. The number of hydrogen-bond donors (Lipinski definition) is 2. The lowest BCUT2D eigenvalue weighted by molar-refractivity contribution is -0.0312. The molecule has 0 aromatic heterocycles. The molecule has 0 aliphatic carbocycles. The van der Waals surface area contributed by atoms with Crippen molar-refractivity contribution in [2.24, 2.45) is 0 Å². The first-order valence-corrected chi connectivity index (χ1v) is 16.6. The second-order valence-corrected chi connectivity index (χ2v) is 14.5. The number of sulfone groups is 1. The maximum atomic E-state index is 13.3. The molecule has 2 aliphatic heterocycles. The smallest absolute Gasteiger partial charge is 0.243 e. The first kappa shape index (κ1) is 29.4. The minimum atomic E-state index is -3.71. The number of piperidine rings is 1. The Morgan fingerprint density at radius 1 is 1.02 bits per heavy atom. The molecule has 218 valence electrons. The largest absolute Gasteiger partial charge is 0.491 e. The molecule has 3 aromatic rings. The average Bonchev–Trinajstić information content (AvgIpc) is 3.37. The maximum Gasteiger partial charge on any atom is 0.243 e. The third-order valence-corrected chi connectivity index (χ3v) is 11.1. The number of aliphatic hydroxyl groups excluding tert-OH is 1. The van der Waals surface area contributed by atoms with Gasteiger partial charge in [-0.15, -0.1) is 0 Å². The summed E-state index contributed by atoms with van der Waals surface area (Å²) in [6.07, 6.45) is 1.05. The van der Waals surface area contributed by atoms with Gasteiger partial charge in [-0.1, -0.05) is 36.4 Å². The van der Waals surface area contributed by atoms with Crippen LogP contribution in [0.4, 0.5) is 0 Å². The van der Waals surface area contributed by atoms with Crippen LogP contribution >= 0.6 is 0 Å². The Balaban J connectivity index is 1.09. The topological polar surface area (TPSA) is 146 Å². The molecule has 0 bridgehead atoms. The molecule has 2 heterocycles. The highest BCUT2D eigenvalue weighted by Gasteiger charge is 2.44. The lowest BCUT2D eigenvalue weighted by Gasteiger charge is -2.38. The zero-order valence-electron chi connectivity index (χ0n) is 22.5. The quantitative estimate of drug-likeness (QED) is 0.359. The standard InChI is InChI=1S/C29H33N3O7S2/c30-12-15-40(34,35)27-7-3-6-26(17-27)38-21-25(33)19-31-24-18-29(39-20-24)10-13-32(14-11-29)41(36,37)28-9-8-22-4-1-2-5-23(22)16-28/h1-9,16-17,24-25,31,33H,10-11,13-15,18-21H2. The van der Waals surface area contributed by atoms with Crippen LogP contribution in [0.1, 0.15) is 19.3 Å². The third kappa shape index (κ3) is 6.72. The number of nitriles is 1. The molecule has 2 unspecified atom stereocenters. The van der Waals surface area contributed by atoms with Crippen molar-refractivity contribution >= 4 is 30.6 Å². The molecule has 2 saturated heterocycles. The van der Waals surface area contributed by atoms with Gasteiger partial charge in [0.05, 0.1) is 28.1 Å². The van der Waals surface area contributed by atoms with Crippen LogP contribution in [0, 0.1) is 11.3 Å². The molecule has 2 fully saturated rings. The van der Waals surface area contributed by atoms with Gasteiger partial charge in [0, 0.05) is 25.7 Å². The van der Waals surface area contributed by atoms with Gasteiger partial charge in [-0.2, -0.15) is 9.57 Å². The van der Waals surface area contributed by atoms with E-state index in [1.165, 1.54) is 22.5 Å². The van der Waals surface area contributed by atoms with Gasteiger partial charge in [0.1, 0.15) is 24.2 Å². The number of benzene rings is 3. The molecule has 0 saturated carbocycles. The summed E-state index contributed by atoms with van der Waals surface area (Å²) >= 11 is 0. The van der Waals surface area contributed by atoms with Crippen LogP contribution in [0.3, 0.4) is 0 Å². The summed E-state index contributed by atoms with van der Waals surface area (Å²) in [4.78, 5) is 0.291. The maximum absolute atomic E-state index is 13.3. The van der Waals surface area contributed by atoms with Crippen LogP contribution in [-0.2, 0) is 24.6 Å². The summed E-state index contributed by atoms with van der Waals surface area (Å²) in [5.41, 5.74) is -0.399.